The molecule has 0 saturated heterocycles. The van der Waals surface area contributed by atoms with E-state index in [0.29, 0.717) is 35.2 Å². The molecule has 0 bridgehead atoms. The molecule has 6 rings (SSSR count). The molecule has 1 amide bonds. The van der Waals surface area contributed by atoms with Crippen LogP contribution >= 0.6 is 0 Å². The van der Waals surface area contributed by atoms with E-state index in [4.69, 9.17) is 9.47 Å². The number of aromatic nitrogens is 1. The van der Waals surface area contributed by atoms with Crippen molar-refractivity contribution in [1.29, 1.82) is 0 Å². The first-order chi connectivity index (χ1) is 26.1. The minimum atomic E-state index is -1.14. The van der Waals surface area contributed by atoms with Gasteiger partial charge in [0.15, 0.2) is 0 Å². The van der Waals surface area contributed by atoms with Crippen LogP contribution in [0.3, 0.4) is 0 Å². The highest BCUT2D eigenvalue weighted by Gasteiger charge is 2.18. The molecule has 0 fully saturated rings. The number of pyridine rings is 1. The molecular weight excluding hydrogens is 693 g/mol. The standard InChI is InChI=1S/C42H38FN3O8/c43-35-21-26(19-20-44-23-37(48)33-15-17-36(47)40-34(33)16-18-38(49)45-40)9-14-31(35)25-54-41(50)29-12-10-27(11-13-29)24-53-32-8-4-7-30(22-32)39(46-42(51)52)28-5-2-1-3-6-28/h1-18,21-22,37,39,44,46-48H,19-20,23-25H2,(H,45,49)(H,51,52)/t37-,39?/m0/s1. The summed E-state index contributed by atoms with van der Waals surface area (Å²) in [6.45, 7) is 0.599. The van der Waals surface area contributed by atoms with Gasteiger partial charge in [0.2, 0.25) is 5.56 Å². The highest BCUT2D eigenvalue weighted by Crippen LogP contribution is 2.29. The first kappa shape index (κ1) is 37.3. The molecule has 54 heavy (non-hydrogen) atoms. The Morgan fingerprint density at radius 3 is 2.33 bits per heavy atom. The van der Waals surface area contributed by atoms with E-state index in [1.54, 1.807) is 66.7 Å². The molecule has 5 aromatic carbocycles. The highest BCUT2D eigenvalue weighted by molar-refractivity contribution is 5.89. The predicted octanol–water partition coefficient (Wildman–Crippen LogP) is 6.53. The number of fused-ring (bicyclic) bond motifs is 1. The molecule has 0 spiro atoms. The summed E-state index contributed by atoms with van der Waals surface area (Å²) in [4.78, 5) is 38.5. The van der Waals surface area contributed by atoms with Gasteiger partial charge in [-0.15, -0.1) is 0 Å². The lowest BCUT2D eigenvalue weighted by molar-refractivity contribution is 0.0468. The SMILES string of the molecule is O=C(O)NC(c1ccccc1)c1cccc(OCc2ccc(C(=O)OCc3ccc(CCNC[C@H](O)c4ccc(O)c5[nH]c(=O)ccc45)cc3F)cc2)c1. The van der Waals surface area contributed by atoms with Crippen LogP contribution < -0.4 is 20.9 Å². The summed E-state index contributed by atoms with van der Waals surface area (Å²) in [5, 5.41) is 36.4. The third-order valence-electron chi connectivity index (χ3n) is 8.86. The molecule has 1 aromatic heterocycles. The maximum Gasteiger partial charge on any atom is 0.405 e. The van der Waals surface area contributed by atoms with Gasteiger partial charge in [0, 0.05) is 23.6 Å². The number of esters is 1. The second kappa shape index (κ2) is 17.3. The Kier molecular flexibility index (Phi) is 12.0. The maximum atomic E-state index is 14.9. The molecule has 6 aromatic rings. The fourth-order valence-corrected chi connectivity index (χ4v) is 6.04. The lowest BCUT2D eigenvalue weighted by Gasteiger charge is -2.19. The first-order valence-electron chi connectivity index (χ1n) is 17.2. The topological polar surface area (TPSA) is 170 Å². The van der Waals surface area contributed by atoms with Crippen LogP contribution in [0, 0.1) is 5.82 Å². The van der Waals surface area contributed by atoms with Gasteiger partial charge in [0.25, 0.3) is 0 Å². The number of phenolic OH excluding ortho intramolecular Hbond substituents is 1. The molecule has 0 aliphatic carbocycles. The number of H-pyrrole nitrogens is 1. The van der Waals surface area contributed by atoms with E-state index < -0.39 is 30.0 Å². The first-order valence-corrected chi connectivity index (χ1v) is 17.2. The van der Waals surface area contributed by atoms with E-state index in [-0.39, 0.29) is 42.1 Å². The second-order valence-electron chi connectivity index (χ2n) is 12.6. The smallest absolute Gasteiger partial charge is 0.405 e. The van der Waals surface area contributed by atoms with E-state index in [9.17, 15) is 34.1 Å². The molecule has 11 nitrogen and oxygen atoms in total. The number of aliphatic hydroxyl groups is 1. The molecule has 1 unspecified atom stereocenters. The molecule has 1 heterocycles. The van der Waals surface area contributed by atoms with Crippen LogP contribution in [0.4, 0.5) is 9.18 Å². The Labute approximate surface area is 309 Å². The minimum absolute atomic E-state index is 0.0866. The number of aliphatic hydroxyl groups excluding tert-OH is 1. The second-order valence-corrected chi connectivity index (χ2v) is 12.6. The normalized spacial score (nSPS) is 12.2. The number of nitrogens with one attached hydrogen (secondary N) is 3. The zero-order valence-corrected chi connectivity index (χ0v) is 29.0. The summed E-state index contributed by atoms with van der Waals surface area (Å²) < 4.78 is 26.3. The summed E-state index contributed by atoms with van der Waals surface area (Å²) >= 11 is 0. The van der Waals surface area contributed by atoms with Gasteiger partial charge in [0.05, 0.1) is 23.2 Å². The van der Waals surface area contributed by atoms with Crippen molar-refractivity contribution in [2.75, 3.05) is 13.1 Å². The van der Waals surface area contributed by atoms with Crippen LogP contribution in [-0.2, 0) is 24.4 Å². The molecule has 0 radical (unpaired) electrons. The Balaban J connectivity index is 0.959. The number of phenols is 1. The number of aromatic hydroxyl groups is 1. The molecule has 6 N–H and O–H groups in total. The van der Waals surface area contributed by atoms with Crippen molar-refractivity contribution in [2.45, 2.75) is 31.8 Å². The van der Waals surface area contributed by atoms with Gasteiger partial charge < -0.3 is 40.4 Å². The molecule has 0 saturated carbocycles. The molecule has 276 valence electrons. The summed E-state index contributed by atoms with van der Waals surface area (Å²) in [5.74, 6) is -0.647. The molecule has 0 aliphatic heterocycles. The van der Waals surface area contributed by atoms with E-state index in [0.717, 1.165) is 22.3 Å². The Bertz CT molecular complexity index is 2300. The minimum Gasteiger partial charge on any atom is -0.506 e. The van der Waals surface area contributed by atoms with Crippen LogP contribution in [0.1, 0.15) is 55.9 Å². The summed E-state index contributed by atoms with van der Waals surface area (Å²) in [5.41, 5.74) is 3.99. The highest BCUT2D eigenvalue weighted by atomic mass is 19.1. The fourth-order valence-electron chi connectivity index (χ4n) is 6.04. The van der Waals surface area contributed by atoms with Crippen molar-refractivity contribution in [3.8, 4) is 11.5 Å². The van der Waals surface area contributed by atoms with Crippen molar-refractivity contribution < 1.29 is 38.8 Å². The molecule has 0 aliphatic rings. The average molecular weight is 732 g/mol. The van der Waals surface area contributed by atoms with E-state index in [1.165, 1.54) is 18.2 Å². The number of aromatic amines is 1. The predicted molar refractivity (Wildman–Crippen MR) is 200 cm³/mol. The largest absolute Gasteiger partial charge is 0.506 e. The van der Waals surface area contributed by atoms with Crippen LogP contribution in [0.15, 0.2) is 126 Å². The molecular formula is C42H38FN3O8. The van der Waals surface area contributed by atoms with Crippen LogP contribution in [0.2, 0.25) is 0 Å². The van der Waals surface area contributed by atoms with Crippen LogP contribution in [0.25, 0.3) is 10.9 Å². The third-order valence-corrected chi connectivity index (χ3v) is 8.86. The molecule has 2 atom stereocenters. The average Bonchev–Trinajstić information content (AvgIpc) is 3.18. The van der Waals surface area contributed by atoms with Gasteiger partial charge in [-0.2, -0.15) is 0 Å². The number of amides is 1. The number of carbonyl (C=O) groups is 2. The number of benzene rings is 5. The third kappa shape index (κ3) is 9.48. The zero-order chi connectivity index (χ0) is 38.0. The number of hydrogen-bond acceptors (Lipinski definition) is 8. The Morgan fingerprint density at radius 1 is 0.815 bits per heavy atom. The zero-order valence-electron chi connectivity index (χ0n) is 29.0. The lowest BCUT2D eigenvalue weighted by Crippen LogP contribution is -2.27. The summed E-state index contributed by atoms with van der Waals surface area (Å²) in [6, 6.07) is 33.1. The number of ether oxygens (including phenoxy) is 2. The van der Waals surface area contributed by atoms with Gasteiger partial charge in [-0.1, -0.05) is 72.8 Å². The van der Waals surface area contributed by atoms with Crippen molar-refractivity contribution in [3.05, 3.63) is 176 Å². The van der Waals surface area contributed by atoms with Crippen LogP contribution in [-0.4, -0.2) is 45.5 Å². The Morgan fingerprint density at radius 2 is 1.57 bits per heavy atom. The summed E-state index contributed by atoms with van der Waals surface area (Å²) in [6.07, 6.45) is -1.58. The van der Waals surface area contributed by atoms with Crippen molar-refractivity contribution >= 4 is 23.0 Å². The Hall–Kier alpha value is -6.50. The monoisotopic (exact) mass is 731 g/mol. The van der Waals surface area contributed by atoms with E-state index >= 15 is 0 Å². The number of hydrogen-bond donors (Lipinski definition) is 6. The number of carbonyl (C=O) groups excluding carboxylic acids is 1. The summed E-state index contributed by atoms with van der Waals surface area (Å²) in [7, 11) is 0. The van der Waals surface area contributed by atoms with Gasteiger partial charge in [0.1, 0.15) is 30.5 Å². The quantitative estimate of drug-likeness (QED) is 0.0508. The van der Waals surface area contributed by atoms with Crippen LogP contribution in [0.5, 0.6) is 11.5 Å². The number of halogens is 1. The fraction of sp³-hybridized carbons (Fsp3) is 0.167. The van der Waals surface area contributed by atoms with Gasteiger partial charge >= 0.3 is 12.1 Å². The van der Waals surface area contributed by atoms with Gasteiger partial charge in [-0.25, -0.2) is 14.0 Å². The van der Waals surface area contributed by atoms with Crippen molar-refractivity contribution in [2.24, 2.45) is 0 Å². The van der Waals surface area contributed by atoms with Gasteiger partial charge in [-0.3, -0.25) is 4.79 Å². The number of rotatable bonds is 15. The van der Waals surface area contributed by atoms with Crippen molar-refractivity contribution in [1.82, 2.24) is 15.6 Å². The lowest BCUT2D eigenvalue weighted by atomic mass is 9.98. The molecule has 12 heteroatoms. The number of carboxylic acid groups (broad SMARTS) is 1. The van der Waals surface area contributed by atoms with E-state index in [1.807, 2.05) is 36.4 Å². The maximum absolute atomic E-state index is 14.9. The van der Waals surface area contributed by atoms with Gasteiger partial charge in [-0.05, 0) is 83.2 Å². The van der Waals surface area contributed by atoms with Crippen molar-refractivity contribution in [3.63, 3.8) is 0 Å². The van der Waals surface area contributed by atoms with E-state index in [2.05, 4.69) is 15.6 Å².